The van der Waals surface area contributed by atoms with E-state index in [-0.39, 0.29) is 36.8 Å². The van der Waals surface area contributed by atoms with Gasteiger partial charge in [-0.15, -0.1) is 13.2 Å². The van der Waals surface area contributed by atoms with Crippen molar-refractivity contribution in [1.82, 2.24) is 9.80 Å². The number of hydrogen-bond acceptors (Lipinski definition) is 5. The highest BCUT2D eigenvalue weighted by Gasteiger charge is 2.80. The van der Waals surface area contributed by atoms with Gasteiger partial charge in [0.25, 0.3) is 5.91 Å². The number of anilines is 1. The van der Waals surface area contributed by atoms with E-state index in [9.17, 15) is 19.5 Å². The van der Waals surface area contributed by atoms with Crippen LogP contribution in [0.25, 0.3) is 0 Å². The van der Waals surface area contributed by atoms with Crippen LogP contribution in [0.15, 0.2) is 43.5 Å². The fourth-order valence-corrected chi connectivity index (χ4v) is 7.85. The second-order valence-corrected chi connectivity index (χ2v) is 12.2. The molecule has 3 unspecified atom stereocenters. The van der Waals surface area contributed by atoms with E-state index in [0.29, 0.717) is 25.9 Å². The molecule has 8 heteroatoms. The van der Waals surface area contributed by atoms with Crippen molar-refractivity contribution >= 4 is 23.4 Å². The Labute approximate surface area is 245 Å². The third kappa shape index (κ3) is 4.63. The summed E-state index contributed by atoms with van der Waals surface area (Å²) in [6, 6.07) is 4.31. The molecule has 8 nitrogen and oxygen atoms in total. The summed E-state index contributed by atoms with van der Waals surface area (Å²) < 4.78 is 6.93. The SMILES string of the molecule is C=CCN(CCC)C(=O)[C@H]1[C@H]2C(=O)N([C@@H](CC)CO)C(C(=O)N(CC=C)c3c(C)cccc3C)C23CC(C)[C@]1(C)O3. The first-order valence-electron chi connectivity index (χ1n) is 15.0. The van der Waals surface area contributed by atoms with Crippen molar-refractivity contribution in [3.63, 3.8) is 0 Å². The van der Waals surface area contributed by atoms with Crippen LogP contribution in [-0.4, -0.2) is 82.2 Å². The number of benzene rings is 1. The maximum Gasteiger partial charge on any atom is 0.253 e. The summed E-state index contributed by atoms with van der Waals surface area (Å²) in [4.78, 5) is 48.7. The van der Waals surface area contributed by atoms with Gasteiger partial charge < -0.3 is 24.5 Å². The van der Waals surface area contributed by atoms with Crippen LogP contribution in [0.4, 0.5) is 5.69 Å². The number of likely N-dealkylation sites (tertiary alicyclic amines) is 1. The van der Waals surface area contributed by atoms with E-state index in [1.807, 2.05) is 59.7 Å². The Morgan fingerprint density at radius 1 is 1.17 bits per heavy atom. The van der Waals surface area contributed by atoms with E-state index in [2.05, 4.69) is 13.2 Å². The third-order valence-corrected chi connectivity index (χ3v) is 9.77. The summed E-state index contributed by atoms with van der Waals surface area (Å²) in [5.74, 6) is -2.32. The lowest BCUT2D eigenvalue weighted by Crippen LogP contribution is -2.59. The second kappa shape index (κ2) is 11.7. The van der Waals surface area contributed by atoms with Crippen LogP contribution in [0.3, 0.4) is 0 Å². The monoisotopic (exact) mass is 565 g/mol. The first-order chi connectivity index (χ1) is 19.5. The molecular weight excluding hydrogens is 518 g/mol. The molecule has 4 rings (SSSR count). The number of aryl methyl sites for hydroxylation is 2. The van der Waals surface area contributed by atoms with Gasteiger partial charge in [0.2, 0.25) is 11.8 Å². The van der Waals surface area contributed by atoms with Gasteiger partial charge in [-0.3, -0.25) is 14.4 Å². The molecule has 0 saturated carbocycles. The zero-order valence-electron chi connectivity index (χ0n) is 25.6. The highest BCUT2D eigenvalue weighted by Crippen LogP contribution is 2.66. The highest BCUT2D eigenvalue weighted by molar-refractivity contribution is 6.06. The zero-order valence-corrected chi connectivity index (χ0v) is 25.6. The van der Waals surface area contributed by atoms with E-state index < -0.39 is 35.1 Å². The molecule has 1 spiro atoms. The predicted molar refractivity (Wildman–Crippen MR) is 160 cm³/mol. The number of hydrogen-bond donors (Lipinski definition) is 1. The van der Waals surface area contributed by atoms with Crippen molar-refractivity contribution in [2.75, 3.05) is 31.1 Å². The first kappa shape index (κ1) is 31.0. The Kier molecular flexibility index (Phi) is 8.86. The second-order valence-electron chi connectivity index (χ2n) is 12.2. The van der Waals surface area contributed by atoms with Crippen LogP contribution in [0.5, 0.6) is 0 Å². The molecule has 3 aliphatic heterocycles. The van der Waals surface area contributed by atoms with Crippen LogP contribution < -0.4 is 4.90 Å². The molecule has 1 N–H and O–H groups in total. The largest absolute Gasteiger partial charge is 0.394 e. The summed E-state index contributed by atoms with van der Waals surface area (Å²) in [6.07, 6.45) is 5.09. The van der Waals surface area contributed by atoms with E-state index >= 15 is 0 Å². The lowest BCUT2D eigenvalue weighted by Gasteiger charge is -2.40. The average Bonchev–Trinajstić information content (AvgIpc) is 3.45. The molecule has 3 heterocycles. The fourth-order valence-electron chi connectivity index (χ4n) is 7.85. The van der Waals surface area contributed by atoms with Gasteiger partial charge in [0.15, 0.2) is 0 Å². The Hall–Kier alpha value is -2.97. The Morgan fingerprint density at radius 3 is 2.34 bits per heavy atom. The van der Waals surface area contributed by atoms with Crippen molar-refractivity contribution in [2.45, 2.75) is 84.1 Å². The minimum atomic E-state index is -1.19. The molecule has 224 valence electrons. The molecule has 1 aromatic rings. The first-order valence-corrected chi connectivity index (χ1v) is 15.0. The topological polar surface area (TPSA) is 90.4 Å². The minimum Gasteiger partial charge on any atom is -0.394 e. The van der Waals surface area contributed by atoms with Gasteiger partial charge in [-0.1, -0.05) is 51.1 Å². The Morgan fingerprint density at radius 2 is 1.80 bits per heavy atom. The molecule has 0 aromatic heterocycles. The normalized spacial score (nSPS) is 30.7. The van der Waals surface area contributed by atoms with E-state index in [1.165, 1.54) is 0 Å². The molecule has 3 aliphatic rings. The number of rotatable bonds is 12. The lowest BCUT2D eigenvalue weighted by molar-refractivity contribution is -0.153. The third-order valence-electron chi connectivity index (χ3n) is 9.77. The van der Waals surface area contributed by atoms with Crippen LogP contribution in [0.2, 0.25) is 0 Å². The fraction of sp³-hybridized carbons (Fsp3) is 0.606. The van der Waals surface area contributed by atoms with Gasteiger partial charge in [0, 0.05) is 25.3 Å². The van der Waals surface area contributed by atoms with Gasteiger partial charge in [-0.2, -0.15) is 0 Å². The number of amides is 3. The summed E-state index contributed by atoms with van der Waals surface area (Å²) >= 11 is 0. The van der Waals surface area contributed by atoms with E-state index in [1.54, 1.807) is 26.9 Å². The molecule has 0 radical (unpaired) electrons. The maximum absolute atomic E-state index is 14.9. The van der Waals surface area contributed by atoms with Crippen molar-refractivity contribution < 1.29 is 24.2 Å². The maximum atomic E-state index is 14.9. The van der Waals surface area contributed by atoms with E-state index in [0.717, 1.165) is 23.2 Å². The molecular formula is C33H47N3O5. The number of aliphatic hydroxyl groups is 1. The van der Waals surface area contributed by atoms with Crippen molar-refractivity contribution in [3.8, 4) is 0 Å². The lowest BCUT2D eigenvalue weighted by atomic mass is 9.62. The number of para-hydroxylation sites is 1. The number of nitrogens with zero attached hydrogens (tertiary/aromatic N) is 3. The number of aliphatic hydroxyl groups excluding tert-OH is 1. The van der Waals surface area contributed by atoms with Crippen LogP contribution >= 0.6 is 0 Å². The number of ether oxygens (including phenoxy) is 1. The van der Waals surface area contributed by atoms with Crippen LogP contribution in [0.1, 0.15) is 58.1 Å². The summed E-state index contributed by atoms with van der Waals surface area (Å²) in [6.45, 7) is 20.4. The van der Waals surface area contributed by atoms with Gasteiger partial charge >= 0.3 is 0 Å². The van der Waals surface area contributed by atoms with Gasteiger partial charge in [-0.25, -0.2) is 0 Å². The number of carbonyl (C=O) groups excluding carboxylic acids is 3. The van der Waals surface area contributed by atoms with Crippen molar-refractivity contribution in [3.05, 3.63) is 54.6 Å². The summed E-state index contributed by atoms with van der Waals surface area (Å²) in [5.41, 5.74) is 0.555. The minimum absolute atomic E-state index is 0.0646. The quantitative estimate of drug-likeness (QED) is 0.387. The van der Waals surface area contributed by atoms with Crippen LogP contribution in [0, 0.1) is 31.6 Å². The molecule has 7 atom stereocenters. The number of carbonyl (C=O) groups is 3. The highest BCUT2D eigenvalue weighted by atomic mass is 16.5. The van der Waals surface area contributed by atoms with Crippen molar-refractivity contribution in [1.29, 1.82) is 0 Å². The predicted octanol–water partition coefficient (Wildman–Crippen LogP) is 4.03. The molecule has 3 amide bonds. The summed E-state index contributed by atoms with van der Waals surface area (Å²) in [7, 11) is 0. The molecule has 3 fully saturated rings. The number of fused-ring (bicyclic) bond motifs is 1. The van der Waals surface area contributed by atoms with Gasteiger partial charge in [0.05, 0.1) is 30.1 Å². The van der Waals surface area contributed by atoms with E-state index in [4.69, 9.17) is 4.74 Å². The molecule has 2 bridgehead atoms. The zero-order chi connectivity index (χ0) is 30.3. The molecule has 41 heavy (non-hydrogen) atoms. The van der Waals surface area contributed by atoms with Crippen LogP contribution in [-0.2, 0) is 19.1 Å². The smallest absolute Gasteiger partial charge is 0.253 e. The molecule has 3 saturated heterocycles. The van der Waals surface area contributed by atoms with Crippen molar-refractivity contribution in [2.24, 2.45) is 17.8 Å². The Balaban J connectivity index is 1.91. The Bertz CT molecular complexity index is 1190. The average molecular weight is 566 g/mol. The van der Waals surface area contributed by atoms with Gasteiger partial charge in [0.1, 0.15) is 11.6 Å². The standard InChI is InChI=1S/C33H47N3O5/c1-9-16-34(17-10-2)29(38)25-26-30(39)36(24(12-4)20-37)28(33(26)19-23(7)32(25,8)41-33)31(40)35(18-11-3)27-21(5)14-13-15-22(27)6/h9,11,13-15,23-26,28,37H,1,3,10,12,16-20H2,2,4-8H3/t23?,24-,25+,26-,28?,32-,33?/m0/s1. The molecule has 1 aromatic carbocycles. The van der Waals surface area contributed by atoms with Gasteiger partial charge in [-0.05, 0) is 57.1 Å². The molecule has 0 aliphatic carbocycles. The summed E-state index contributed by atoms with van der Waals surface area (Å²) in [5, 5.41) is 10.4.